The van der Waals surface area contributed by atoms with Gasteiger partial charge in [0.25, 0.3) is 0 Å². The molecule has 2 aromatic carbocycles. The van der Waals surface area contributed by atoms with Crippen molar-refractivity contribution in [3.8, 4) is 11.5 Å². The Balaban J connectivity index is 1.71. The number of hydrogen-bond acceptors (Lipinski definition) is 8. The van der Waals surface area contributed by atoms with Crippen LogP contribution in [0.5, 0.6) is 11.5 Å². The van der Waals surface area contributed by atoms with Crippen LogP contribution in [-0.2, 0) is 36.6 Å². The van der Waals surface area contributed by atoms with E-state index in [1.54, 1.807) is 32.5 Å². The highest BCUT2D eigenvalue weighted by Crippen LogP contribution is 2.34. The first-order valence-electron chi connectivity index (χ1n) is 12.7. The number of fused-ring (bicyclic) bond motifs is 1. The van der Waals surface area contributed by atoms with Crippen molar-refractivity contribution in [2.24, 2.45) is 7.05 Å². The summed E-state index contributed by atoms with van der Waals surface area (Å²) in [6.07, 6.45) is 3.38. The Morgan fingerprint density at radius 3 is 2.48 bits per heavy atom. The molecule has 10 nitrogen and oxygen atoms in total. The van der Waals surface area contributed by atoms with E-state index in [1.807, 2.05) is 48.9 Å². The van der Waals surface area contributed by atoms with Crippen LogP contribution < -0.4 is 19.7 Å². The smallest absolute Gasteiger partial charge is 0.211 e. The highest BCUT2D eigenvalue weighted by Gasteiger charge is 2.21. The molecule has 40 heavy (non-hydrogen) atoms. The summed E-state index contributed by atoms with van der Waals surface area (Å²) in [7, 11) is 4.94. The quantitative estimate of drug-likeness (QED) is 0.282. The fourth-order valence-electron chi connectivity index (χ4n) is 4.53. The summed E-state index contributed by atoms with van der Waals surface area (Å²) in [5.41, 5.74) is 4.11. The van der Waals surface area contributed by atoms with Crippen molar-refractivity contribution in [2.75, 3.05) is 44.8 Å². The van der Waals surface area contributed by atoms with Crippen LogP contribution in [0.1, 0.15) is 23.6 Å². The molecule has 0 aliphatic carbocycles. The van der Waals surface area contributed by atoms with Gasteiger partial charge in [-0.25, -0.2) is 27.1 Å². The van der Waals surface area contributed by atoms with E-state index in [4.69, 9.17) is 14.5 Å². The van der Waals surface area contributed by atoms with Crippen molar-refractivity contribution >= 4 is 38.4 Å². The predicted molar refractivity (Wildman–Crippen MR) is 156 cm³/mol. The molecule has 0 spiro atoms. The molecule has 0 amide bonds. The highest BCUT2D eigenvalue weighted by atomic mass is 32.2. The van der Waals surface area contributed by atoms with Gasteiger partial charge in [0.05, 0.1) is 38.0 Å². The number of aromatic nitrogens is 3. The minimum Gasteiger partial charge on any atom is -0.497 e. The summed E-state index contributed by atoms with van der Waals surface area (Å²) in [6.45, 7) is 2.42. The average molecular weight is 571 g/mol. The van der Waals surface area contributed by atoms with Gasteiger partial charge in [0.2, 0.25) is 10.0 Å². The lowest BCUT2D eigenvalue weighted by Crippen LogP contribution is -2.25. The van der Waals surface area contributed by atoms with Crippen molar-refractivity contribution in [3.63, 3.8) is 0 Å². The van der Waals surface area contributed by atoms with E-state index in [1.165, 1.54) is 17.4 Å². The van der Waals surface area contributed by atoms with E-state index in [-0.39, 0.29) is 6.54 Å². The zero-order valence-corrected chi connectivity index (χ0v) is 24.6. The summed E-state index contributed by atoms with van der Waals surface area (Å²) < 4.78 is 53.3. The summed E-state index contributed by atoms with van der Waals surface area (Å²) in [5.74, 6) is 1.98. The highest BCUT2D eigenvalue weighted by molar-refractivity contribution is 7.88. The first-order valence-corrected chi connectivity index (χ1v) is 14.5. The zero-order valence-electron chi connectivity index (χ0n) is 23.8. The minimum absolute atomic E-state index is 0.0782. The molecule has 214 valence electrons. The number of aryl methyl sites for hydroxylation is 2. The number of halogens is 1. The van der Waals surface area contributed by atoms with E-state index in [0.29, 0.717) is 52.9 Å². The Morgan fingerprint density at radius 1 is 1.07 bits per heavy atom. The summed E-state index contributed by atoms with van der Waals surface area (Å²) in [4.78, 5) is 11.1. The normalized spacial score (nSPS) is 11.7. The van der Waals surface area contributed by atoms with Gasteiger partial charge in [-0.3, -0.25) is 0 Å². The number of pyridine rings is 1. The molecule has 0 aliphatic rings. The monoisotopic (exact) mass is 570 g/mol. The number of rotatable bonds is 11. The number of nitrogens with zero attached hydrogens (tertiary/aromatic N) is 5. The van der Waals surface area contributed by atoms with Crippen LogP contribution in [0.15, 0.2) is 42.7 Å². The molecule has 0 aliphatic heterocycles. The van der Waals surface area contributed by atoms with Gasteiger partial charge in [-0.05, 0) is 35.7 Å². The lowest BCUT2D eigenvalue weighted by molar-refractivity contribution is 0.391. The molecule has 0 bridgehead atoms. The Bertz CT molecular complexity index is 1640. The van der Waals surface area contributed by atoms with Gasteiger partial charge in [0.1, 0.15) is 28.7 Å². The van der Waals surface area contributed by atoms with Crippen LogP contribution in [0.3, 0.4) is 0 Å². The summed E-state index contributed by atoms with van der Waals surface area (Å²) in [5, 5.41) is 3.37. The van der Waals surface area contributed by atoms with Crippen LogP contribution in [0.4, 0.5) is 21.7 Å². The van der Waals surface area contributed by atoms with Crippen LogP contribution in [0.25, 0.3) is 11.0 Å². The van der Waals surface area contributed by atoms with Crippen molar-refractivity contribution in [3.05, 3.63) is 65.2 Å². The van der Waals surface area contributed by atoms with E-state index >= 15 is 4.39 Å². The van der Waals surface area contributed by atoms with Gasteiger partial charge in [0, 0.05) is 51.9 Å². The maximum Gasteiger partial charge on any atom is 0.211 e. The van der Waals surface area contributed by atoms with Gasteiger partial charge >= 0.3 is 0 Å². The maximum absolute atomic E-state index is 15.6. The fourth-order valence-corrected chi connectivity index (χ4v) is 4.91. The van der Waals surface area contributed by atoms with Crippen molar-refractivity contribution in [2.45, 2.75) is 26.4 Å². The Hall–Kier alpha value is -3.90. The largest absolute Gasteiger partial charge is 0.497 e. The number of hydrogen-bond donors (Lipinski definition) is 1. The molecular formula is C28H35FN6O4S. The van der Waals surface area contributed by atoms with Crippen LogP contribution in [0, 0.1) is 5.82 Å². The predicted octanol–water partition coefficient (Wildman–Crippen LogP) is 4.46. The Kier molecular flexibility index (Phi) is 8.50. The molecule has 2 heterocycles. The second kappa shape index (κ2) is 11.7. The third-order valence-corrected chi connectivity index (χ3v) is 8.13. The lowest BCUT2D eigenvalue weighted by Gasteiger charge is -2.24. The van der Waals surface area contributed by atoms with Gasteiger partial charge < -0.3 is 24.3 Å². The molecule has 4 rings (SSSR count). The van der Waals surface area contributed by atoms with Gasteiger partial charge in [-0.1, -0.05) is 13.0 Å². The van der Waals surface area contributed by atoms with Crippen molar-refractivity contribution < 1.29 is 22.3 Å². The van der Waals surface area contributed by atoms with Gasteiger partial charge in [-0.2, -0.15) is 0 Å². The van der Waals surface area contributed by atoms with Crippen molar-refractivity contribution in [1.29, 1.82) is 0 Å². The second-order valence-corrected chi connectivity index (χ2v) is 11.7. The first-order chi connectivity index (χ1) is 19.0. The number of benzene rings is 2. The molecule has 2 aromatic heterocycles. The first kappa shape index (κ1) is 29.1. The number of anilines is 3. The molecule has 0 fully saturated rings. The molecule has 1 N–H and O–H groups in total. The Labute approximate surface area is 234 Å². The molecule has 0 unspecified atom stereocenters. The van der Waals surface area contributed by atoms with Crippen LogP contribution in [0.2, 0.25) is 0 Å². The van der Waals surface area contributed by atoms with Crippen molar-refractivity contribution in [1.82, 2.24) is 18.8 Å². The summed E-state index contributed by atoms with van der Waals surface area (Å²) >= 11 is 0. The van der Waals surface area contributed by atoms with E-state index in [9.17, 15) is 8.42 Å². The molecule has 0 saturated heterocycles. The van der Waals surface area contributed by atoms with E-state index < -0.39 is 15.8 Å². The number of sulfonamides is 1. The third-order valence-electron chi connectivity index (χ3n) is 6.87. The number of ether oxygens (including phenoxy) is 2. The SMILES string of the molecule is CCc1cc(CN(C)S(C)(=O)=O)cc(F)c1N(C)c1cc2c(ncn2C)c(NCc2ccc(OC)cc2OC)n1. The summed E-state index contributed by atoms with van der Waals surface area (Å²) in [6, 6.07) is 10.7. The minimum atomic E-state index is -3.40. The molecule has 0 saturated carbocycles. The standard InChI is InChI=1S/C28H35FN6O4S/c1-8-19-11-18(16-34(3)40(7,36)37)12-22(29)27(19)35(4)25-14-23-26(31-17-33(23)2)28(32-25)30-15-20-9-10-21(38-5)13-24(20)39-6/h9-14,17H,8,15-16H2,1-7H3,(H,30,32). The number of imidazole rings is 1. The zero-order chi connectivity index (χ0) is 29.2. The van der Waals surface area contributed by atoms with Crippen LogP contribution in [-0.4, -0.2) is 61.8 Å². The molecule has 0 radical (unpaired) electrons. The van der Waals surface area contributed by atoms with Gasteiger partial charge in [-0.15, -0.1) is 0 Å². The topological polar surface area (TPSA) is 102 Å². The molecular weight excluding hydrogens is 535 g/mol. The van der Waals surface area contributed by atoms with E-state index in [0.717, 1.165) is 22.9 Å². The third kappa shape index (κ3) is 5.97. The average Bonchev–Trinajstić information content (AvgIpc) is 3.30. The fraction of sp³-hybridized carbons (Fsp3) is 0.357. The molecule has 0 atom stereocenters. The maximum atomic E-state index is 15.6. The number of nitrogens with one attached hydrogen (secondary N) is 1. The molecule has 4 aromatic rings. The van der Waals surface area contributed by atoms with E-state index in [2.05, 4.69) is 10.3 Å². The number of methoxy groups -OCH3 is 2. The van der Waals surface area contributed by atoms with Crippen LogP contribution >= 0.6 is 0 Å². The second-order valence-electron chi connectivity index (χ2n) is 9.60. The molecule has 12 heteroatoms. The Morgan fingerprint density at radius 2 is 1.82 bits per heavy atom. The van der Waals surface area contributed by atoms with Gasteiger partial charge in [0.15, 0.2) is 5.82 Å². The lowest BCUT2D eigenvalue weighted by atomic mass is 10.0.